The van der Waals surface area contributed by atoms with E-state index in [1.807, 2.05) is 0 Å². The van der Waals surface area contributed by atoms with Crippen molar-refractivity contribution in [2.45, 2.75) is 18.2 Å². The van der Waals surface area contributed by atoms with Crippen LogP contribution < -0.4 is 5.32 Å². The maximum absolute atomic E-state index is 13.8. The van der Waals surface area contributed by atoms with Crippen LogP contribution in [0, 0.1) is 11.6 Å². The van der Waals surface area contributed by atoms with E-state index in [9.17, 15) is 22.0 Å². The summed E-state index contributed by atoms with van der Waals surface area (Å²) in [4.78, 5) is 11.2. The van der Waals surface area contributed by atoms with Gasteiger partial charge < -0.3 is 5.32 Å². The zero-order valence-electron chi connectivity index (χ0n) is 11.6. The molecule has 0 radical (unpaired) electrons. The number of nitrogens with one attached hydrogen (secondary N) is 1. The fourth-order valence-electron chi connectivity index (χ4n) is 1.79. The highest BCUT2D eigenvalue weighted by molar-refractivity contribution is 7.90. The van der Waals surface area contributed by atoms with Crippen LogP contribution in [0.15, 0.2) is 17.0 Å². The van der Waals surface area contributed by atoms with Crippen LogP contribution in [-0.2, 0) is 16.3 Å². The summed E-state index contributed by atoms with van der Waals surface area (Å²) >= 11 is 0.861. The van der Waals surface area contributed by atoms with Gasteiger partial charge in [-0.05, 0) is 30.1 Å². The van der Waals surface area contributed by atoms with Gasteiger partial charge in [-0.1, -0.05) is 11.4 Å². The molecule has 0 saturated carbocycles. The molecule has 118 valence electrons. The third-order valence-electron chi connectivity index (χ3n) is 2.72. The van der Waals surface area contributed by atoms with Gasteiger partial charge >= 0.3 is 0 Å². The maximum atomic E-state index is 13.8. The Balaban J connectivity index is 2.34. The Morgan fingerprint density at radius 1 is 1.32 bits per heavy atom. The number of sulfone groups is 1. The number of carbonyl (C=O) groups is 1. The number of anilines is 1. The van der Waals surface area contributed by atoms with E-state index < -0.39 is 32.3 Å². The van der Waals surface area contributed by atoms with Crippen LogP contribution in [-0.4, -0.2) is 30.2 Å². The van der Waals surface area contributed by atoms with Gasteiger partial charge in [0.15, 0.2) is 9.84 Å². The smallest absolute Gasteiger partial charge is 0.269 e. The molecular weight excluding hydrogens is 336 g/mol. The van der Waals surface area contributed by atoms with Crippen LogP contribution in [0.25, 0.3) is 0 Å². The van der Waals surface area contributed by atoms with Crippen molar-refractivity contribution in [3.63, 3.8) is 0 Å². The van der Waals surface area contributed by atoms with Gasteiger partial charge in [0.1, 0.15) is 21.4 Å². The predicted octanol–water partition coefficient (Wildman–Crippen LogP) is 2.03. The van der Waals surface area contributed by atoms with Crippen LogP contribution in [0.5, 0.6) is 0 Å². The first-order chi connectivity index (χ1) is 10.2. The fraction of sp³-hybridized carbons (Fsp3) is 0.250. The molecule has 0 aliphatic carbocycles. The summed E-state index contributed by atoms with van der Waals surface area (Å²) in [5.41, 5.74) is 0.277. The topological polar surface area (TPSA) is 89.0 Å². The minimum Gasteiger partial charge on any atom is -0.321 e. The average molecular weight is 347 g/mol. The Bertz CT molecular complexity index is 811. The number of amides is 1. The summed E-state index contributed by atoms with van der Waals surface area (Å²) in [5.74, 6) is -3.15. The summed E-state index contributed by atoms with van der Waals surface area (Å²) in [7, 11) is -4.04. The number of carbonyl (C=O) groups excluding carboxylic acids is 1. The van der Waals surface area contributed by atoms with Crippen molar-refractivity contribution < 1.29 is 22.0 Å². The van der Waals surface area contributed by atoms with E-state index in [2.05, 4.69) is 14.9 Å². The lowest BCUT2D eigenvalue weighted by atomic mass is 10.2. The van der Waals surface area contributed by atoms with Crippen molar-refractivity contribution in [3.05, 3.63) is 34.3 Å². The maximum Gasteiger partial charge on any atom is 0.269 e. The summed E-state index contributed by atoms with van der Waals surface area (Å²) in [6, 6.07) is 1.49. The van der Waals surface area contributed by atoms with Gasteiger partial charge in [-0.3, -0.25) is 4.79 Å². The van der Waals surface area contributed by atoms with Crippen LogP contribution in [0.3, 0.4) is 0 Å². The highest BCUT2D eigenvalue weighted by Gasteiger charge is 2.22. The van der Waals surface area contributed by atoms with Crippen molar-refractivity contribution in [2.24, 2.45) is 0 Å². The quantitative estimate of drug-likeness (QED) is 0.914. The fourth-order valence-corrected chi connectivity index (χ4v) is 3.26. The predicted molar refractivity (Wildman–Crippen MR) is 76.7 cm³/mol. The molecule has 22 heavy (non-hydrogen) atoms. The van der Waals surface area contributed by atoms with Crippen LogP contribution >= 0.6 is 11.5 Å². The van der Waals surface area contributed by atoms with Crippen LogP contribution in [0.2, 0.25) is 0 Å². The molecule has 0 spiro atoms. The molecule has 10 heteroatoms. The number of nitrogens with zero attached hydrogens (tertiary/aromatic N) is 2. The number of halogens is 2. The van der Waals surface area contributed by atoms with Gasteiger partial charge in [0.2, 0.25) is 0 Å². The summed E-state index contributed by atoms with van der Waals surface area (Å²) in [6.07, 6.45) is 1.18. The average Bonchev–Trinajstić information content (AvgIpc) is 2.84. The van der Waals surface area contributed by atoms with Crippen LogP contribution in [0.4, 0.5) is 14.5 Å². The summed E-state index contributed by atoms with van der Waals surface area (Å²) < 4.78 is 53.7. The normalized spacial score (nSPS) is 11.5. The summed E-state index contributed by atoms with van der Waals surface area (Å²) in [6.45, 7) is 1.79. The minimum atomic E-state index is -4.04. The van der Waals surface area contributed by atoms with E-state index in [0.29, 0.717) is 18.4 Å². The lowest BCUT2D eigenvalue weighted by molar-refractivity contribution is 0.102. The number of benzene rings is 1. The molecule has 0 aliphatic rings. The van der Waals surface area contributed by atoms with Crippen molar-refractivity contribution in [1.29, 1.82) is 0 Å². The van der Waals surface area contributed by atoms with E-state index in [-0.39, 0.29) is 10.6 Å². The van der Waals surface area contributed by atoms with E-state index >= 15 is 0 Å². The Labute approximate surface area is 129 Å². The first-order valence-corrected chi connectivity index (χ1v) is 8.72. The lowest BCUT2D eigenvalue weighted by Gasteiger charge is -2.08. The SMILES string of the molecule is CCc1nnsc1C(=O)Nc1cc(F)c(S(C)(=O)=O)c(F)c1. The molecule has 1 aromatic carbocycles. The molecule has 0 unspecified atom stereocenters. The molecule has 2 aromatic rings. The molecule has 6 nitrogen and oxygen atoms in total. The number of hydrogen-bond acceptors (Lipinski definition) is 6. The lowest BCUT2D eigenvalue weighted by Crippen LogP contribution is -2.14. The first kappa shape index (κ1) is 16.4. The molecule has 1 heterocycles. The Kier molecular flexibility index (Phi) is 4.52. The van der Waals surface area contributed by atoms with E-state index in [1.54, 1.807) is 6.92 Å². The highest BCUT2D eigenvalue weighted by Crippen LogP contribution is 2.24. The first-order valence-electron chi connectivity index (χ1n) is 6.05. The van der Waals surface area contributed by atoms with Gasteiger partial charge in [0, 0.05) is 11.9 Å². The Morgan fingerprint density at radius 3 is 2.41 bits per heavy atom. The molecule has 2 rings (SSSR count). The van der Waals surface area contributed by atoms with E-state index in [0.717, 1.165) is 23.7 Å². The molecular formula is C12H11F2N3O3S2. The molecule has 0 aliphatic heterocycles. The molecule has 1 N–H and O–H groups in total. The highest BCUT2D eigenvalue weighted by atomic mass is 32.2. The van der Waals surface area contributed by atoms with Crippen molar-refractivity contribution in [2.75, 3.05) is 11.6 Å². The molecule has 1 aromatic heterocycles. The van der Waals surface area contributed by atoms with Crippen LogP contribution in [0.1, 0.15) is 22.3 Å². The van der Waals surface area contributed by atoms with Gasteiger partial charge in [0.05, 0.1) is 5.69 Å². The molecule has 0 atom stereocenters. The van der Waals surface area contributed by atoms with Gasteiger partial charge in [0.25, 0.3) is 5.91 Å². The van der Waals surface area contributed by atoms with Gasteiger partial charge in [-0.2, -0.15) is 0 Å². The Morgan fingerprint density at radius 2 is 1.91 bits per heavy atom. The molecule has 0 saturated heterocycles. The second-order valence-electron chi connectivity index (χ2n) is 4.40. The number of aromatic nitrogens is 2. The monoisotopic (exact) mass is 347 g/mol. The van der Waals surface area contributed by atoms with Gasteiger partial charge in [-0.15, -0.1) is 5.10 Å². The second-order valence-corrected chi connectivity index (χ2v) is 7.10. The number of hydrogen-bond donors (Lipinski definition) is 1. The summed E-state index contributed by atoms with van der Waals surface area (Å²) in [5, 5.41) is 6.06. The van der Waals surface area contributed by atoms with E-state index in [1.165, 1.54) is 0 Å². The van der Waals surface area contributed by atoms with Crippen molar-refractivity contribution in [3.8, 4) is 0 Å². The number of rotatable bonds is 4. The molecule has 0 fully saturated rings. The van der Waals surface area contributed by atoms with Crippen molar-refractivity contribution in [1.82, 2.24) is 9.59 Å². The van der Waals surface area contributed by atoms with Gasteiger partial charge in [-0.25, -0.2) is 17.2 Å². The molecule has 0 bridgehead atoms. The third kappa shape index (κ3) is 3.28. The Hall–Kier alpha value is -1.94. The minimum absolute atomic E-state index is 0.192. The van der Waals surface area contributed by atoms with Crippen molar-refractivity contribution >= 4 is 33.0 Å². The second kappa shape index (κ2) is 6.05. The third-order valence-corrected chi connectivity index (χ3v) is 4.62. The van der Waals surface area contributed by atoms with E-state index in [4.69, 9.17) is 0 Å². The largest absolute Gasteiger partial charge is 0.321 e. The zero-order valence-corrected chi connectivity index (χ0v) is 13.2. The standard InChI is InChI=1S/C12H11F2N3O3S2/c1-3-9-10(21-17-16-9)12(18)15-6-4-7(13)11(8(14)5-6)22(2,19)20/h4-5H,3H2,1-2H3,(H,15,18). The number of aryl methyl sites for hydroxylation is 1. The molecule has 1 amide bonds. The zero-order chi connectivity index (χ0) is 16.5.